The lowest BCUT2D eigenvalue weighted by Crippen LogP contribution is -1.99. The summed E-state index contributed by atoms with van der Waals surface area (Å²) in [5, 5.41) is 8.83. The van der Waals surface area contributed by atoms with Crippen molar-refractivity contribution in [3.63, 3.8) is 0 Å². The Labute approximate surface area is 123 Å². The molecule has 0 aliphatic heterocycles. The zero-order chi connectivity index (χ0) is 14.5. The lowest BCUT2D eigenvalue weighted by Gasteiger charge is -2.03. The maximum absolute atomic E-state index is 8.83. The van der Waals surface area contributed by atoms with Gasteiger partial charge >= 0.3 is 0 Å². The zero-order valence-corrected chi connectivity index (χ0v) is 11.6. The number of fused-ring (bicyclic) bond motifs is 1. The van der Waals surface area contributed by atoms with E-state index in [1.807, 2.05) is 54.6 Å². The maximum atomic E-state index is 8.83. The highest BCUT2D eigenvalue weighted by Gasteiger charge is 2.07. The van der Waals surface area contributed by atoms with Crippen LogP contribution in [0.1, 0.15) is 17.8 Å². The zero-order valence-electron chi connectivity index (χ0n) is 11.6. The first-order valence-electron chi connectivity index (χ1n) is 6.94. The van der Waals surface area contributed by atoms with E-state index in [1.165, 1.54) is 0 Å². The van der Waals surface area contributed by atoms with Crippen molar-refractivity contribution < 1.29 is 0 Å². The van der Waals surface area contributed by atoms with Gasteiger partial charge in [0.2, 0.25) is 0 Å². The lowest BCUT2D eigenvalue weighted by atomic mass is 10.2. The van der Waals surface area contributed by atoms with Crippen LogP contribution in [0.5, 0.6) is 0 Å². The first kappa shape index (κ1) is 13.1. The molecule has 0 aliphatic carbocycles. The molecule has 0 unspecified atom stereocenters. The Hall–Kier alpha value is -2.86. The van der Waals surface area contributed by atoms with Gasteiger partial charge in [-0.25, -0.2) is 4.98 Å². The number of aryl methyl sites for hydroxylation is 1. The van der Waals surface area contributed by atoms with Crippen LogP contribution >= 0.6 is 0 Å². The van der Waals surface area contributed by atoms with Crippen molar-refractivity contribution in [2.24, 2.45) is 0 Å². The Morgan fingerprint density at radius 2 is 1.76 bits per heavy atom. The number of rotatable bonds is 4. The third kappa shape index (κ3) is 2.85. The number of para-hydroxylation sites is 2. The third-order valence-electron chi connectivity index (χ3n) is 3.36. The molecule has 0 bridgehead atoms. The van der Waals surface area contributed by atoms with E-state index in [0.29, 0.717) is 13.0 Å². The van der Waals surface area contributed by atoms with E-state index in [4.69, 9.17) is 5.26 Å². The van der Waals surface area contributed by atoms with Gasteiger partial charge in [0.05, 0.1) is 23.5 Å². The van der Waals surface area contributed by atoms with E-state index < -0.39 is 0 Å². The molecule has 0 N–H and O–H groups in total. The van der Waals surface area contributed by atoms with Crippen LogP contribution in [0.25, 0.3) is 23.2 Å². The third-order valence-corrected chi connectivity index (χ3v) is 3.36. The largest absolute Gasteiger partial charge is 0.323 e. The standard InChI is InChI=1S/C18H15N3/c19-13-6-14-21-17-10-5-4-9-16(17)20-18(21)12-11-15-7-2-1-3-8-15/h1-5,7-12H,6,14H2/b12-11+. The van der Waals surface area contributed by atoms with E-state index in [2.05, 4.69) is 27.8 Å². The van der Waals surface area contributed by atoms with Crippen LogP contribution in [0.4, 0.5) is 0 Å². The summed E-state index contributed by atoms with van der Waals surface area (Å²) in [6.45, 7) is 0.658. The van der Waals surface area contributed by atoms with Crippen molar-refractivity contribution in [2.75, 3.05) is 0 Å². The highest BCUT2D eigenvalue weighted by molar-refractivity contribution is 5.79. The van der Waals surface area contributed by atoms with Gasteiger partial charge in [0.15, 0.2) is 0 Å². The van der Waals surface area contributed by atoms with Gasteiger partial charge in [0.25, 0.3) is 0 Å². The predicted octanol–water partition coefficient (Wildman–Crippen LogP) is 4.12. The maximum Gasteiger partial charge on any atom is 0.133 e. The summed E-state index contributed by atoms with van der Waals surface area (Å²) < 4.78 is 2.10. The molecule has 0 amide bonds. The molecule has 0 saturated heterocycles. The monoisotopic (exact) mass is 273 g/mol. The van der Waals surface area contributed by atoms with E-state index in [1.54, 1.807) is 0 Å². The average Bonchev–Trinajstić information content (AvgIpc) is 2.89. The molecule has 0 atom stereocenters. The van der Waals surface area contributed by atoms with Crippen molar-refractivity contribution in [2.45, 2.75) is 13.0 Å². The van der Waals surface area contributed by atoms with Crippen LogP contribution in [0.2, 0.25) is 0 Å². The normalized spacial score (nSPS) is 11.0. The van der Waals surface area contributed by atoms with Gasteiger partial charge in [0.1, 0.15) is 5.82 Å². The summed E-state index contributed by atoms with van der Waals surface area (Å²) in [5.74, 6) is 0.885. The molecule has 2 aromatic carbocycles. The van der Waals surface area contributed by atoms with E-state index in [9.17, 15) is 0 Å². The van der Waals surface area contributed by atoms with E-state index in [0.717, 1.165) is 22.4 Å². The summed E-state index contributed by atoms with van der Waals surface area (Å²) in [7, 11) is 0. The number of aromatic nitrogens is 2. The Bertz CT molecular complexity index is 807. The molecule has 3 aromatic rings. The summed E-state index contributed by atoms with van der Waals surface area (Å²) in [6, 6.07) is 20.3. The number of benzene rings is 2. The summed E-state index contributed by atoms with van der Waals surface area (Å²) in [4.78, 5) is 4.65. The highest BCUT2D eigenvalue weighted by atomic mass is 15.1. The molecule has 3 rings (SSSR count). The minimum atomic E-state index is 0.479. The van der Waals surface area contributed by atoms with Gasteiger partial charge < -0.3 is 4.57 Å². The van der Waals surface area contributed by atoms with Crippen molar-refractivity contribution in [3.8, 4) is 6.07 Å². The molecule has 3 heteroatoms. The molecule has 3 nitrogen and oxygen atoms in total. The fourth-order valence-electron chi connectivity index (χ4n) is 2.35. The summed E-state index contributed by atoms with van der Waals surface area (Å²) >= 11 is 0. The molecule has 21 heavy (non-hydrogen) atoms. The molecule has 0 spiro atoms. The van der Waals surface area contributed by atoms with Gasteiger partial charge in [-0.3, -0.25) is 0 Å². The molecule has 0 aliphatic rings. The van der Waals surface area contributed by atoms with Gasteiger partial charge in [-0.15, -0.1) is 0 Å². The van der Waals surface area contributed by atoms with Crippen LogP contribution < -0.4 is 0 Å². The number of nitriles is 1. The minimum absolute atomic E-state index is 0.479. The Balaban J connectivity index is 2.01. The van der Waals surface area contributed by atoms with Crippen molar-refractivity contribution in [3.05, 3.63) is 66.0 Å². The molecule has 0 fully saturated rings. The van der Waals surface area contributed by atoms with Crippen LogP contribution in [-0.2, 0) is 6.54 Å². The first-order valence-corrected chi connectivity index (χ1v) is 6.94. The Morgan fingerprint density at radius 3 is 2.57 bits per heavy atom. The van der Waals surface area contributed by atoms with E-state index >= 15 is 0 Å². The van der Waals surface area contributed by atoms with Gasteiger partial charge in [-0.1, -0.05) is 48.5 Å². The fraction of sp³-hybridized carbons (Fsp3) is 0.111. The van der Waals surface area contributed by atoms with Crippen molar-refractivity contribution >= 4 is 23.2 Å². The van der Waals surface area contributed by atoms with E-state index in [-0.39, 0.29) is 0 Å². The Kier molecular flexibility index (Phi) is 3.79. The van der Waals surface area contributed by atoms with Crippen LogP contribution in [-0.4, -0.2) is 9.55 Å². The molecule has 0 saturated carbocycles. The molecular formula is C18H15N3. The molecule has 1 aromatic heterocycles. The second kappa shape index (κ2) is 6.06. The van der Waals surface area contributed by atoms with Crippen LogP contribution in [0.3, 0.4) is 0 Å². The van der Waals surface area contributed by atoms with Gasteiger partial charge in [-0.05, 0) is 23.8 Å². The van der Waals surface area contributed by atoms with Crippen molar-refractivity contribution in [1.82, 2.24) is 9.55 Å². The molecular weight excluding hydrogens is 258 g/mol. The van der Waals surface area contributed by atoms with Crippen LogP contribution in [0.15, 0.2) is 54.6 Å². The Morgan fingerprint density at radius 1 is 1.00 bits per heavy atom. The second-order valence-corrected chi connectivity index (χ2v) is 4.76. The average molecular weight is 273 g/mol. The predicted molar refractivity (Wildman–Crippen MR) is 85.3 cm³/mol. The summed E-state index contributed by atoms with van der Waals surface area (Å²) in [5.41, 5.74) is 3.17. The number of imidazole rings is 1. The minimum Gasteiger partial charge on any atom is -0.323 e. The smallest absolute Gasteiger partial charge is 0.133 e. The quantitative estimate of drug-likeness (QED) is 0.717. The first-order chi connectivity index (χ1) is 10.4. The number of nitrogens with zero attached hydrogens (tertiary/aromatic N) is 3. The highest BCUT2D eigenvalue weighted by Crippen LogP contribution is 2.18. The van der Waals surface area contributed by atoms with Crippen molar-refractivity contribution in [1.29, 1.82) is 5.26 Å². The van der Waals surface area contributed by atoms with Gasteiger partial charge in [0, 0.05) is 6.54 Å². The topological polar surface area (TPSA) is 41.6 Å². The summed E-state index contributed by atoms with van der Waals surface area (Å²) in [6.07, 6.45) is 4.53. The lowest BCUT2D eigenvalue weighted by molar-refractivity contribution is 0.729. The second-order valence-electron chi connectivity index (χ2n) is 4.76. The number of hydrogen-bond acceptors (Lipinski definition) is 2. The molecule has 102 valence electrons. The molecule has 1 heterocycles. The number of hydrogen-bond donors (Lipinski definition) is 0. The molecule has 0 radical (unpaired) electrons. The SMILES string of the molecule is N#CCCn1c(/C=C/c2ccccc2)nc2ccccc21. The van der Waals surface area contributed by atoms with Gasteiger partial charge in [-0.2, -0.15) is 5.26 Å². The fourth-order valence-corrected chi connectivity index (χ4v) is 2.35. The van der Waals surface area contributed by atoms with Crippen LogP contribution in [0, 0.1) is 11.3 Å².